The molecule has 1 aromatic heterocycles. The summed E-state index contributed by atoms with van der Waals surface area (Å²) >= 11 is 0. The molecule has 0 radical (unpaired) electrons. The lowest BCUT2D eigenvalue weighted by Crippen LogP contribution is -2.27. The minimum atomic E-state index is 0. The molecule has 0 bridgehead atoms. The van der Waals surface area contributed by atoms with Gasteiger partial charge in [0.15, 0.2) is 0 Å². The summed E-state index contributed by atoms with van der Waals surface area (Å²) in [6.07, 6.45) is 4.15. The number of piperidine rings is 1. The molecule has 0 spiro atoms. The number of hydrogen-bond donors (Lipinski definition) is 1. The van der Waals surface area contributed by atoms with Crippen LogP contribution in [0.15, 0.2) is 6.33 Å². The lowest BCUT2D eigenvalue weighted by Gasteiger charge is -2.21. The van der Waals surface area contributed by atoms with E-state index in [9.17, 15) is 0 Å². The maximum absolute atomic E-state index is 4.12. The minimum absolute atomic E-state index is 0. The van der Waals surface area contributed by atoms with Crippen molar-refractivity contribution < 1.29 is 0 Å². The quantitative estimate of drug-likeness (QED) is 0.798. The van der Waals surface area contributed by atoms with E-state index in [-0.39, 0.29) is 24.8 Å². The number of halogens is 2. The molecule has 0 atom stereocenters. The van der Waals surface area contributed by atoms with Gasteiger partial charge in [0.25, 0.3) is 0 Å². The van der Waals surface area contributed by atoms with E-state index in [1.165, 1.54) is 12.8 Å². The van der Waals surface area contributed by atoms with E-state index in [1.807, 2.05) is 11.6 Å². The van der Waals surface area contributed by atoms with Crippen LogP contribution >= 0.6 is 24.8 Å². The molecule has 1 aliphatic heterocycles. The van der Waals surface area contributed by atoms with Gasteiger partial charge in [0, 0.05) is 13.0 Å². The van der Waals surface area contributed by atoms with Crippen LogP contribution < -0.4 is 5.32 Å². The molecule has 0 amide bonds. The normalized spacial score (nSPS) is 16.9. The van der Waals surface area contributed by atoms with Crippen molar-refractivity contribution in [2.75, 3.05) is 13.1 Å². The van der Waals surface area contributed by atoms with Crippen molar-refractivity contribution in [1.29, 1.82) is 0 Å². The van der Waals surface area contributed by atoms with Gasteiger partial charge < -0.3 is 9.88 Å². The fourth-order valence-corrected chi connectivity index (χ4v) is 1.74. The Morgan fingerprint density at radius 2 is 2.00 bits per heavy atom. The number of aromatic nitrogens is 3. The van der Waals surface area contributed by atoms with Crippen molar-refractivity contribution >= 4 is 24.8 Å². The van der Waals surface area contributed by atoms with Gasteiger partial charge in [-0.05, 0) is 25.9 Å². The summed E-state index contributed by atoms with van der Waals surface area (Å²) in [7, 11) is 2.01. The summed E-state index contributed by atoms with van der Waals surface area (Å²) < 4.78 is 2.02. The first-order chi connectivity index (χ1) is 5.88. The molecular formula is C8H16Cl2N4. The highest BCUT2D eigenvalue weighted by Crippen LogP contribution is 2.21. The fourth-order valence-electron chi connectivity index (χ4n) is 1.74. The van der Waals surface area contributed by atoms with E-state index in [0.717, 1.165) is 18.9 Å². The number of hydrogen-bond acceptors (Lipinski definition) is 3. The van der Waals surface area contributed by atoms with E-state index in [0.29, 0.717) is 5.92 Å². The summed E-state index contributed by atoms with van der Waals surface area (Å²) in [5, 5.41) is 11.4. The van der Waals surface area contributed by atoms with Gasteiger partial charge in [-0.2, -0.15) is 0 Å². The molecule has 0 saturated carbocycles. The molecule has 0 aliphatic carbocycles. The molecule has 6 heteroatoms. The Hall–Kier alpha value is -0.320. The smallest absolute Gasteiger partial charge is 0.135 e. The molecule has 1 N–H and O–H groups in total. The molecule has 1 saturated heterocycles. The second kappa shape index (κ2) is 6.22. The average Bonchev–Trinajstić information content (AvgIpc) is 2.53. The molecule has 82 valence electrons. The summed E-state index contributed by atoms with van der Waals surface area (Å²) in [5.74, 6) is 1.75. The number of rotatable bonds is 1. The maximum Gasteiger partial charge on any atom is 0.135 e. The highest BCUT2D eigenvalue weighted by atomic mass is 35.5. The van der Waals surface area contributed by atoms with E-state index in [2.05, 4.69) is 15.5 Å². The maximum atomic E-state index is 4.12. The van der Waals surface area contributed by atoms with Gasteiger partial charge in [0.1, 0.15) is 12.2 Å². The Morgan fingerprint density at radius 1 is 1.36 bits per heavy atom. The molecule has 1 aliphatic rings. The summed E-state index contributed by atoms with van der Waals surface area (Å²) in [6, 6.07) is 0. The molecule has 2 rings (SSSR count). The van der Waals surface area contributed by atoms with Crippen molar-refractivity contribution in [2.24, 2.45) is 7.05 Å². The van der Waals surface area contributed by atoms with Crippen LogP contribution in [0.25, 0.3) is 0 Å². The topological polar surface area (TPSA) is 42.7 Å². The molecule has 0 unspecified atom stereocenters. The minimum Gasteiger partial charge on any atom is -0.320 e. The van der Waals surface area contributed by atoms with Crippen LogP contribution in [0.3, 0.4) is 0 Å². The second-order valence-corrected chi connectivity index (χ2v) is 3.32. The Balaban J connectivity index is 0.000000845. The predicted molar refractivity (Wildman–Crippen MR) is 60.3 cm³/mol. The first-order valence-electron chi connectivity index (χ1n) is 4.42. The summed E-state index contributed by atoms with van der Waals surface area (Å²) in [6.45, 7) is 2.22. The lowest BCUT2D eigenvalue weighted by molar-refractivity contribution is 0.436. The number of nitrogens with zero attached hydrogens (tertiary/aromatic N) is 3. The third-order valence-corrected chi connectivity index (χ3v) is 2.45. The monoisotopic (exact) mass is 238 g/mol. The van der Waals surface area contributed by atoms with Crippen LogP contribution in [0.2, 0.25) is 0 Å². The second-order valence-electron chi connectivity index (χ2n) is 3.32. The largest absolute Gasteiger partial charge is 0.320 e. The van der Waals surface area contributed by atoms with Gasteiger partial charge in [-0.3, -0.25) is 0 Å². The van der Waals surface area contributed by atoms with Gasteiger partial charge in [0.2, 0.25) is 0 Å². The Kier molecular flexibility index (Phi) is 6.08. The van der Waals surface area contributed by atoms with Gasteiger partial charge >= 0.3 is 0 Å². The average molecular weight is 239 g/mol. The Labute approximate surface area is 96.3 Å². The van der Waals surface area contributed by atoms with E-state index in [4.69, 9.17) is 0 Å². The SMILES string of the molecule is Cl.Cl.Cn1cnnc1C1CCNCC1. The number of nitrogens with one attached hydrogen (secondary N) is 1. The summed E-state index contributed by atoms with van der Waals surface area (Å²) in [5.41, 5.74) is 0. The van der Waals surface area contributed by atoms with E-state index >= 15 is 0 Å². The standard InChI is InChI=1S/C8H14N4.2ClH/c1-12-6-10-11-8(12)7-2-4-9-5-3-7;;/h6-7,9H,2-5H2,1H3;2*1H. The van der Waals surface area contributed by atoms with Crippen molar-refractivity contribution in [3.8, 4) is 0 Å². The zero-order valence-electron chi connectivity index (χ0n) is 8.14. The van der Waals surface area contributed by atoms with Gasteiger partial charge in [0.05, 0.1) is 0 Å². The van der Waals surface area contributed by atoms with Gasteiger partial charge in [-0.25, -0.2) is 0 Å². The molecule has 2 heterocycles. The van der Waals surface area contributed by atoms with Crippen LogP contribution in [0.4, 0.5) is 0 Å². The molecule has 14 heavy (non-hydrogen) atoms. The van der Waals surface area contributed by atoms with Crippen LogP contribution in [0.1, 0.15) is 24.6 Å². The molecular weight excluding hydrogens is 223 g/mol. The third kappa shape index (κ3) is 2.83. The lowest BCUT2D eigenvalue weighted by atomic mass is 9.97. The molecule has 4 nitrogen and oxygen atoms in total. The van der Waals surface area contributed by atoms with Gasteiger partial charge in [-0.15, -0.1) is 35.0 Å². The van der Waals surface area contributed by atoms with Crippen LogP contribution in [0.5, 0.6) is 0 Å². The van der Waals surface area contributed by atoms with Crippen LogP contribution in [-0.4, -0.2) is 27.9 Å². The molecule has 1 aromatic rings. The van der Waals surface area contributed by atoms with Crippen molar-refractivity contribution in [3.63, 3.8) is 0 Å². The van der Waals surface area contributed by atoms with Crippen molar-refractivity contribution in [2.45, 2.75) is 18.8 Å². The molecule has 1 fully saturated rings. The highest BCUT2D eigenvalue weighted by Gasteiger charge is 2.18. The third-order valence-electron chi connectivity index (χ3n) is 2.45. The number of aryl methyl sites for hydroxylation is 1. The van der Waals surface area contributed by atoms with Crippen LogP contribution in [-0.2, 0) is 7.05 Å². The first kappa shape index (κ1) is 13.7. The first-order valence-corrected chi connectivity index (χ1v) is 4.42. The van der Waals surface area contributed by atoms with Gasteiger partial charge in [-0.1, -0.05) is 0 Å². The zero-order chi connectivity index (χ0) is 8.39. The predicted octanol–water partition coefficient (Wildman–Crippen LogP) is 1.13. The van der Waals surface area contributed by atoms with E-state index in [1.54, 1.807) is 6.33 Å². The Morgan fingerprint density at radius 3 is 2.50 bits per heavy atom. The van der Waals surface area contributed by atoms with Crippen molar-refractivity contribution in [1.82, 2.24) is 20.1 Å². The Bertz CT molecular complexity index is 258. The van der Waals surface area contributed by atoms with Crippen LogP contribution in [0, 0.1) is 0 Å². The van der Waals surface area contributed by atoms with E-state index < -0.39 is 0 Å². The fraction of sp³-hybridized carbons (Fsp3) is 0.750. The molecule has 0 aromatic carbocycles. The summed E-state index contributed by atoms with van der Waals surface area (Å²) in [4.78, 5) is 0. The zero-order valence-corrected chi connectivity index (χ0v) is 9.77. The van der Waals surface area contributed by atoms with Crippen molar-refractivity contribution in [3.05, 3.63) is 12.2 Å². The highest BCUT2D eigenvalue weighted by molar-refractivity contribution is 5.85.